The number of thiazole rings is 1. The van der Waals surface area contributed by atoms with Crippen molar-refractivity contribution in [3.05, 3.63) is 46.3 Å². The van der Waals surface area contributed by atoms with E-state index in [1.807, 2.05) is 44.9 Å². The highest BCUT2D eigenvalue weighted by Gasteiger charge is 2.13. The van der Waals surface area contributed by atoms with Gasteiger partial charge in [0.15, 0.2) is 4.96 Å². The summed E-state index contributed by atoms with van der Waals surface area (Å²) in [7, 11) is 0. The number of anilines is 1. The van der Waals surface area contributed by atoms with Gasteiger partial charge in [0.2, 0.25) is 0 Å². The average molecular weight is 390 g/mol. The molecule has 0 aliphatic rings. The van der Waals surface area contributed by atoms with Gasteiger partial charge in [-0.25, -0.2) is 9.55 Å². The van der Waals surface area contributed by atoms with Crippen LogP contribution in [-0.2, 0) is 6.54 Å². The van der Waals surface area contributed by atoms with E-state index < -0.39 is 0 Å². The predicted octanol–water partition coefficient (Wildman–Crippen LogP) is -0.920. The number of halogens is 2. The van der Waals surface area contributed by atoms with E-state index in [0.717, 1.165) is 21.1 Å². The zero-order valence-corrected chi connectivity index (χ0v) is 13.2. The van der Waals surface area contributed by atoms with Crippen LogP contribution in [0.25, 0.3) is 4.96 Å². The van der Waals surface area contributed by atoms with Crippen LogP contribution in [0.5, 0.6) is 0 Å². The fourth-order valence-electron chi connectivity index (χ4n) is 1.70. The van der Waals surface area contributed by atoms with Crippen LogP contribution in [-0.4, -0.2) is 9.38 Å². The van der Waals surface area contributed by atoms with Crippen molar-refractivity contribution in [3.63, 3.8) is 0 Å². The molecule has 0 radical (unpaired) electrons. The van der Waals surface area contributed by atoms with Crippen LogP contribution in [0.2, 0.25) is 0 Å². The third-order valence-electron chi connectivity index (χ3n) is 2.57. The SMILES string of the molecule is Nc1cccc[n+]1Cc1nc2sccn2c1Br.[Br-]. The Morgan fingerprint density at radius 1 is 1.44 bits per heavy atom. The lowest BCUT2D eigenvalue weighted by molar-refractivity contribution is -0.674. The molecule has 3 aromatic rings. The molecule has 0 aliphatic heterocycles. The number of fused-ring (bicyclic) bond motifs is 1. The van der Waals surface area contributed by atoms with Gasteiger partial charge in [-0.1, -0.05) is 6.07 Å². The monoisotopic (exact) mass is 388 g/mol. The maximum Gasteiger partial charge on any atom is 0.272 e. The van der Waals surface area contributed by atoms with E-state index in [2.05, 4.69) is 20.9 Å². The van der Waals surface area contributed by atoms with Gasteiger partial charge >= 0.3 is 0 Å². The first-order valence-corrected chi connectivity index (χ1v) is 6.77. The van der Waals surface area contributed by atoms with Gasteiger partial charge in [0.05, 0.1) is 6.20 Å². The van der Waals surface area contributed by atoms with Gasteiger partial charge in [0.25, 0.3) is 5.82 Å². The highest BCUT2D eigenvalue weighted by molar-refractivity contribution is 9.10. The van der Waals surface area contributed by atoms with Gasteiger partial charge in [0.1, 0.15) is 16.8 Å². The van der Waals surface area contributed by atoms with Crippen LogP contribution in [0.4, 0.5) is 5.82 Å². The summed E-state index contributed by atoms with van der Waals surface area (Å²) < 4.78 is 4.99. The van der Waals surface area contributed by atoms with E-state index >= 15 is 0 Å². The Balaban J connectivity index is 0.00000120. The quantitative estimate of drug-likeness (QED) is 0.576. The molecule has 0 saturated heterocycles. The van der Waals surface area contributed by atoms with E-state index in [-0.39, 0.29) is 17.0 Å². The van der Waals surface area contributed by atoms with Crippen molar-refractivity contribution in [2.75, 3.05) is 5.73 Å². The average Bonchev–Trinajstić information content (AvgIpc) is 2.87. The van der Waals surface area contributed by atoms with Crippen molar-refractivity contribution >= 4 is 38.0 Å². The lowest BCUT2D eigenvalue weighted by atomic mass is 10.4. The molecule has 0 saturated carbocycles. The summed E-state index contributed by atoms with van der Waals surface area (Å²) in [5.74, 6) is 0.732. The van der Waals surface area contributed by atoms with Crippen molar-refractivity contribution < 1.29 is 21.5 Å². The molecule has 0 atom stereocenters. The predicted molar refractivity (Wildman–Crippen MR) is 70.9 cm³/mol. The molecule has 4 nitrogen and oxygen atoms in total. The van der Waals surface area contributed by atoms with Crippen LogP contribution < -0.4 is 27.3 Å². The van der Waals surface area contributed by atoms with Gasteiger partial charge in [-0.3, -0.25) is 10.1 Å². The highest BCUT2D eigenvalue weighted by Crippen LogP contribution is 2.22. The summed E-state index contributed by atoms with van der Waals surface area (Å²) in [4.78, 5) is 5.55. The third kappa shape index (κ3) is 2.30. The number of pyridine rings is 1. The molecule has 3 rings (SSSR count). The minimum Gasteiger partial charge on any atom is -1.00 e. The Kier molecular flexibility index (Phi) is 4.04. The minimum atomic E-state index is 0. The number of hydrogen-bond donors (Lipinski definition) is 1. The van der Waals surface area contributed by atoms with E-state index in [0.29, 0.717) is 6.54 Å². The topological polar surface area (TPSA) is 47.2 Å². The van der Waals surface area contributed by atoms with Crippen molar-refractivity contribution in [1.82, 2.24) is 9.38 Å². The second-order valence-corrected chi connectivity index (χ2v) is 5.28. The lowest BCUT2D eigenvalue weighted by Gasteiger charge is -2.00. The van der Waals surface area contributed by atoms with Crippen molar-refractivity contribution in [3.8, 4) is 0 Å². The largest absolute Gasteiger partial charge is 1.00 e. The second kappa shape index (κ2) is 5.38. The number of nitrogen functional groups attached to an aromatic ring is 1. The Morgan fingerprint density at radius 2 is 2.28 bits per heavy atom. The molecule has 0 unspecified atom stereocenters. The molecule has 0 fully saturated rings. The molecule has 94 valence electrons. The molecule has 18 heavy (non-hydrogen) atoms. The molecule has 3 heterocycles. The summed E-state index contributed by atoms with van der Waals surface area (Å²) in [5, 5.41) is 2.01. The van der Waals surface area contributed by atoms with Crippen molar-refractivity contribution in [2.24, 2.45) is 0 Å². The highest BCUT2D eigenvalue weighted by atomic mass is 79.9. The fraction of sp³-hybridized carbons (Fsp3) is 0.0909. The zero-order valence-electron chi connectivity index (χ0n) is 9.25. The summed E-state index contributed by atoms with van der Waals surface area (Å²) in [5.41, 5.74) is 6.89. The maximum absolute atomic E-state index is 5.90. The molecule has 3 aromatic heterocycles. The smallest absolute Gasteiger partial charge is 0.272 e. The summed E-state index contributed by atoms with van der Waals surface area (Å²) in [6, 6.07) is 5.77. The zero-order chi connectivity index (χ0) is 11.8. The molecular weight excluding hydrogens is 380 g/mol. The van der Waals surface area contributed by atoms with E-state index in [1.165, 1.54) is 0 Å². The Morgan fingerprint density at radius 3 is 3.00 bits per heavy atom. The standard InChI is InChI=1S/C11H9BrN4S.BrH/c12-10-8(14-11-16(10)5-6-17-11)7-15-4-2-1-3-9(15)13;/h1-6,13H,7H2;1H. The molecule has 0 aliphatic carbocycles. The molecule has 0 amide bonds. The molecule has 2 N–H and O–H groups in total. The molecule has 0 bridgehead atoms. The molecule has 0 aromatic carbocycles. The van der Waals surface area contributed by atoms with Gasteiger partial charge in [-0.2, -0.15) is 0 Å². The third-order valence-corrected chi connectivity index (χ3v) is 4.16. The second-order valence-electron chi connectivity index (χ2n) is 3.66. The van der Waals surface area contributed by atoms with Crippen LogP contribution in [0.1, 0.15) is 5.69 Å². The van der Waals surface area contributed by atoms with Crippen LogP contribution in [0.15, 0.2) is 40.6 Å². The Hall–Kier alpha value is -0.920. The molecule has 7 heteroatoms. The van der Waals surface area contributed by atoms with Crippen molar-refractivity contribution in [1.29, 1.82) is 0 Å². The maximum atomic E-state index is 5.90. The van der Waals surface area contributed by atoms with Crippen LogP contribution in [0.3, 0.4) is 0 Å². The number of imidazole rings is 1. The van der Waals surface area contributed by atoms with E-state index in [1.54, 1.807) is 11.3 Å². The van der Waals surface area contributed by atoms with Crippen molar-refractivity contribution in [2.45, 2.75) is 6.54 Å². The van der Waals surface area contributed by atoms with Crippen LogP contribution >= 0.6 is 27.3 Å². The number of hydrogen-bond acceptors (Lipinski definition) is 3. The Labute approximate surface area is 127 Å². The first kappa shape index (κ1) is 13.5. The van der Waals surface area contributed by atoms with Gasteiger partial charge < -0.3 is 17.0 Å². The first-order valence-electron chi connectivity index (χ1n) is 5.09. The first-order chi connectivity index (χ1) is 8.25. The van der Waals surface area contributed by atoms with Crippen LogP contribution in [0, 0.1) is 0 Å². The van der Waals surface area contributed by atoms with Gasteiger partial charge in [-0.15, -0.1) is 11.3 Å². The summed E-state index contributed by atoms with van der Waals surface area (Å²) in [6.45, 7) is 0.668. The molecular formula is C11H10Br2N4S. The minimum absolute atomic E-state index is 0. The Bertz CT molecular complexity index is 677. The summed E-state index contributed by atoms with van der Waals surface area (Å²) in [6.07, 6.45) is 3.95. The number of nitrogens with two attached hydrogens (primary N) is 1. The van der Waals surface area contributed by atoms with E-state index in [9.17, 15) is 0 Å². The van der Waals surface area contributed by atoms with Gasteiger partial charge in [-0.05, 0) is 22.0 Å². The molecule has 0 spiro atoms. The number of nitrogens with zero attached hydrogens (tertiary/aromatic N) is 3. The van der Waals surface area contributed by atoms with E-state index in [4.69, 9.17) is 5.73 Å². The number of rotatable bonds is 2. The lowest BCUT2D eigenvalue weighted by Crippen LogP contribution is -3.00. The normalized spacial score (nSPS) is 10.5. The van der Waals surface area contributed by atoms with Gasteiger partial charge in [0, 0.05) is 17.6 Å². The number of aromatic nitrogens is 3. The summed E-state index contributed by atoms with van der Waals surface area (Å²) >= 11 is 5.18. The fourth-order valence-corrected chi connectivity index (χ4v) is 3.05.